The van der Waals surface area contributed by atoms with Crippen LogP contribution in [0.3, 0.4) is 0 Å². The van der Waals surface area contributed by atoms with E-state index in [9.17, 15) is 14.9 Å². The number of rotatable bonds is 4. The van der Waals surface area contributed by atoms with Gasteiger partial charge in [-0.1, -0.05) is 29.8 Å². The molecule has 0 radical (unpaired) electrons. The van der Waals surface area contributed by atoms with Crippen LogP contribution in [0.2, 0.25) is 5.02 Å². The molecule has 0 aliphatic carbocycles. The summed E-state index contributed by atoms with van der Waals surface area (Å²) in [6.45, 7) is 4.25. The van der Waals surface area contributed by atoms with Crippen LogP contribution in [0, 0.1) is 17.0 Å². The Hall–Kier alpha value is -2.40. The van der Waals surface area contributed by atoms with E-state index in [1.807, 2.05) is 38.1 Å². The smallest absolute Gasteiger partial charge is 0.270 e. The molecule has 0 aliphatic heterocycles. The predicted molar refractivity (Wildman–Crippen MR) is 86.6 cm³/mol. The summed E-state index contributed by atoms with van der Waals surface area (Å²) >= 11 is 6.04. The Morgan fingerprint density at radius 2 is 1.95 bits per heavy atom. The highest BCUT2D eigenvalue weighted by atomic mass is 35.5. The molecule has 5 nitrogen and oxygen atoms in total. The molecule has 0 unspecified atom stereocenters. The van der Waals surface area contributed by atoms with Gasteiger partial charge in [0.05, 0.1) is 15.5 Å². The summed E-state index contributed by atoms with van der Waals surface area (Å²) in [6.07, 6.45) is 0. The van der Waals surface area contributed by atoms with E-state index >= 15 is 0 Å². The molecule has 2 aromatic carbocycles. The summed E-state index contributed by atoms with van der Waals surface area (Å²) in [5.74, 6) is -0.281. The second-order valence-electron chi connectivity index (χ2n) is 4.76. The number of para-hydroxylation sites is 1. The molecule has 1 amide bonds. The Morgan fingerprint density at radius 1 is 1.27 bits per heavy atom. The summed E-state index contributed by atoms with van der Waals surface area (Å²) in [7, 11) is 0. The fraction of sp³-hybridized carbons (Fsp3) is 0.188. The Kier molecular flexibility index (Phi) is 4.78. The topological polar surface area (TPSA) is 63.5 Å². The van der Waals surface area contributed by atoms with Crippen LogP contribution in [-0.4, -0.2) is 17.4 Å². The number of nitro groups is 1. The number of carbonyl (C=O) groups excluding carboxylic acids is 1. The first-order valence-electron chi connectivity index (χ1n) is 6.77. The number of non-ortho nitro benzene ring substituents is 1. The number of carbonyl (C=O) groups is 1. The lowest BCUT2D eigenvalue weighted by molar-refractivity contribution is -0.384. The average Bonchev–Trinajstić information content (AvgIpc) is 2.49. The SMILES string of the molecule is CCN(C(=O)c1ccc([N+](=O)[O-])cc1Cl)c1ccccc1C. The van der Waals surface area contributed by atoms with Crippen molar-refractivity contribution in [3.63, 3.8) is 0 Å². The van der Waals surface area contributed by atoms with Crippen LogP contribution < -0.4 is 4.90 Å². The van der Waals surface area contributed by atoms with Crippen molar-refractivity contribution in [1.82, 2.24) is 0 Å². The fourth-order valence-electron chi connectivity index (χ4n) is 2.23. The molecule has 6 heteroatoms. The van der Waals surface area contributed by atoms with Crippen molar-refractivity contribution in [2.75, 3.05) is 11.4 Å². The van der Waals surface area contributed by atoms with Gasteiger partial charge in [0.25, 0.3) is 11.6 Å². The van der Waals surface area contributed by atoms with Crippen molar-refractivity contribution >= 4 is 28.9 Å². The molecular formula is C16H15ClN2O3. The fourth-order valence-corrected chi connectivity index (χ4v) is 2.48. The van der Waals surface area contributed by atoms with E-state index in [0.717, 1.165) is 11.3 Å². The van der Waals surface area contributed by atoms with E-state index in [-0.39, 0.29) is 22.2 Å². The van der Waals surface area contributed by atoms with Crippen LogP contribution in [0.15, 0.2) is 42.5 Å². The molecular weight excluding hydrogens is 304 g/mol. The van der Waals surface area contributed by atoms with Crippen LogP contribution in [0.25, 0.3) is 0 Å². The first kappa shape index (κ1) is 16.0. The zero-order valence-electron chi connectivity index (χ0n) is 12.2. The van der Waals surface area contributed by atoms with E-state index in [1.165, 1.54) is 18.2 Å². The van der Waals surface area contributed by atoms with Crippen LogP contribution >= 0.6 is 11.6 Å². The first-order valence-corrected chi connectivity index (χ1v) is 7.15. The van der Waals surface area contributed by atoms with Crippen LogP contribution in [0.1, 0.15) is 22.8 Å². The molecule has 2 aromatic rings. The Bertz CT molecular complexity index is 731. The second-order valence-corrected chi connectivity index (χ2v) is 5.16. The minimum atomic E-state index is -0.543. The van der Waals surface area contributed by atoms with Crippen molar-refractivity contribution in [1.29, 1.82) is 0 Å². The third-order valence-corrected chi connectivity index (χ3v) is 3.67. The van der Waals surface area contributed by atoms with Crippen LogP contribution in [0.4, 0.5) is 11.4 Å². The number of nitrogens with zero attached hydrogens (tertiary/aromatic N) is 2. The van der Waals surface area contributed by atoms with E-state index in [0.29, 0.717) is 6.54 Å². The maximum Gasteiger partial charge on any atom is 0.270 e. The molecule has 0 fully saturated rings. The monoisotopic (exact) mass is 318 g/mol. The second kappa shape index (κ2) is 6.58. The molecule has 22 heavy (non-hydrogen) atoms. The standard InChI is InChI=1S/C16H15ClN2O3/c1-3-18(15-7-5-4-6-11(15)2)16(20)13-9-8-12(19(21)22)10-14(13)17/h4-10H,3H2,1-2H3. The molecule has 0 heterocycles. The zero-order valence-corrected chi connectivity index (χ0v) is 13.0. The molecule has 0 spiro atoms. The van der Waals surface area contributed by atoms with Gasteiger partial charge in [0.15, 0.2) is 0 Å². The van der Waals surface area contributed by atoms with Crippen molar-refractivity contribution in [3.05, 3.63) is 68.7 Å². The van der Waals surface area contributed by atoms with E-state index < -0.39 is 4.92 Å². The largest absolute Gasteiger partial charge is 0.308 e. The molecule has 114 valence electrons. The van der Waals surface area contributed by atoms with Crippen molar-refractivity contribution in [2.24, 2.45) is 0 Å². The Morgan fingerprint density at radius 3 is 2.50 bits per heavy atom. The number of aryl methyl sites for hydroxylation is 1. The summed E-state index contributed by atoms with van der Waals surface area (Å²) < 4.78 is 0. The van der Waals surface area contributed by atoms with Gasteiger partial charge in [0.1, 0.15) is 0 Å². The van der Waals surface area contributed by atoms with Gasteiger partial charge in [-0.15, -0.1) is 0 Å². The summed E-state index contributed by atoms with van der Waals surface area (Å²) in [5, 5.41) is 10.8. The molecule has 0 saturated heterocycles. The molecule has 2 rings (SSSR count). The predicted octanol–water partition coefficient (Wildman–Crippen LogP) is 4.22. The number of amides is 1. The van der Waals surface area contributed by atoms with Crippen LogP contribution in [-0.2, 0) is 0 Å². The maximum absolute atomic E-state index is 12.7. The van der Waals surface area contributed by atoms with Gasteiger partial charge in [0, 0.05) is 24.4 Å². The highest BCUT2D eigenvalue weighted by Gasteiger charge is 2.21. The third kappa shape index (κ3) is 3.09. The highest BCUT2D eigenvalue weighted by Crippen LogP contribution is 2.27. The molecule has 0 saturated carbocycles. The lowest BCUT2D eigenvalue weighted by Crippen LogP contribution is -2.31. The highest BCUT2D eigenvalue weighted by molar-refractivity contribution is 6.34. The molecule has 0 aromatic heterocycles. The molecule has 0 atom stereocenters. The summed E-state index contributed by atoms with van der Waals surface area (Å²) in [6, 6.07) is 11.4. The number of hydrogen-bond donors (Lipinski definition) is 0. The van der Waals surface area contributed by atoms with E-state index in [4.69, 9.17) is 11.6 Å². The zero-order chi connectivity index (χ0) is 16.3. The lowest BCUT2D eigenvalue weighted by atomic mass is 10.1. The maximum atomic E-state index is 12.7. The van der Waals surface area contributed by atoms with Crippen LogP contribution in [0.5, 0.6) is 0 Å². The lowest BCUT2D eigenvalue weighted by Gasteiger charge is -2.23. The summed E-state index contributed by atoms with van der Waals surface area (Å²) in [5.41, 5.74) is 1.87. The number of halogens is 1. The molecule has 0 aliphatic rings. The average molecular weight is 319 g/mol. The quantitative estimate of drug-likeness (QED) is 0.626. The van der Waals surface area contributed by atoms with Crippen molar-refractivity contribution in [3.8, 4) is 0 Å². The normalized spacial score (nSPS) is 10.3. The van der Waals surface area contributed by atoms with Gasteiger partial charge in [-0.3, -0.25) is 14.9 Å². The minimum Gasteiger partial charge on any atom is -0.308 e. The van der Waals surface area contributed by atoms with Gasteiger partial charge >= 0.3 is 0 Å². The van der Waals surface area contributed by atoms with Gasteiger partial charge in [0.2, 0.25) is 0 Å². The Balaban J connectivity index is 2.41. The van der Waals surface area contributed by atoms with E-state index in [2.05, 4.69) is 0 Å². The minimum absolute atomic E-state index is 0.0752. The number of anilines is 1. The van der Waals surface area contributed by atoms with Gasteiger partial charge < -0.3 is 4.90 Å². The Labute approximate surface area is 133 Å². The molecule has 0 bridgehead atoms. The van der Waals surface area contributed by atoms with Crippen molar-refractivity contribution in [2.45, 2.75) is 13.8 Å². The number of benzene rings is 2. The third-order valence-electron chi connectivity index (χ3n) is 3.36. The number of hydrogen-bond acceptors (Lipinski definition) is 3. The number of nitro benzene ring substituents is 1. The molecule has 0 N–H and O–H groups in total. The van der Waals surface area contributed by atoms with Gasteiger partial charge in [-0.2, -0.15) is 0 Å². The summed E-state index contributed by atoms with van der Waals surface area (Å²) in [4.78, 5) is 24.5. The first-order chi connectivity index (χ1) is 10.5. The van der Waals surface area contributed by atoms with Gasteiger partial charge in [-0.05, 0) is 31.5 Å². The van der Waals surface area contributed by atoms with Gasteiger partial charge in [-0.25, -0.2) is 0 Å². The van der Waals surface area contributed by atoms with Crippen molar-refractivity contribution < 1.29 is 9.72 Å². The van der Waals surface area contributed by atoms with E-state index in [1.54, 1.807) is 4.90 Å².